The predicted octanol–water partition coefficient (Wildman–Crippen LogP) is 13.6. The van der Waals surface area contributed by atoms with E-state index >= 15 is 0 Å². The molecule has 0 heterocycles. The van der Waals surface area contributed by atoms with Crippen molar-refractivity contribution in [3.8, 4) is 55.6 Å². The molecule has 0 saturated heterocycles. The zero-order chi connectivity index (χ0) is 33.4. The molecule has 0 bridgehead atoms. The van der Waals surface area contributed by atoms with Gasteiger partial charge >= 0.3 is 0 Å². The second-order valence-corrected chi connectivity index (χ2v) is 14.1. The predicted molar refractivity (Wildman–Crippen MR) is 211 cm³/mol. The highest BCUT2D eigenvalue weighted by Gasteiger charge is 2.39. The summed E-state index contributed by atoms with van der Waals surface area (Å²) in [6.45, 7) is 4.80. The van der Waals surface area contributed by atoms with Crippen LogP contribution in [0.4, 0.5) is 17.1 Å². The fourth-order valence-corrected chi connectivity index (χ4v) is 8.52. The van der Waals surface area contributed by atoms with Crippen molar-refractivity contribution in [3.63, 3.8) is 0 Å². The van der Waals surface area contributed by atoms with Crippen molar-refractivity contribution in [2.45, 2.75) is 19.3 Å². The van der Waals surface area contributed by atoms with Crippen LogP contribution >= 0.6 is 0 Å². The average molecular weight is 638 g/mol. The fourth-order valence-electron chi connectivity index (χ4n) is 8.52. The number of anilines is 3. The van der Waals surface area contributed by atoms with Crippen molar-refractivity contribution in [2.24, 2.45) is 0 Å². The molecule has 0 fully saturated rings. The molecule has 0 unspecified atom stereocenters. The van der Waals surface area contributed by atoms with Gasteiger partial charge in [-0.25, -0.2) is 0 Å². The first-order chi connectivity index (χ1) is 24.6. The summed E-state index contributed by atoms with van der Waals surface area (Å²) >= 11 is 0. The average Bonchev–Trinajstić information content (AvgIpc) is 3.62. The van der Waals surface area contributed by atoms with Crippen molar-refractivity contribution in [3.05, 3.63) is 187 Å². The third kappa shape index (κ3) is 4.27. The van der Waals surface area contributed by atoms with Crippen LogP contribution < -0.4 is 4.90 Å². The van der Waals surface area contributed by atoms with E-state index in [0.717, 1.165) is 17.1 Å². The maximum atomic E-state index is 2.50. The standard InChI is InChI=1S/C49H35N/c1-49(2)45-30-38(28-29-42(45)48-43-19-11-18-41-39-16-9-10-17-40(39)44(47(41)43)31-46(48)49)50(36-24-20-34(21-25-36)32-12-5-3-6-13-32)37-26-22-35(23-27-37)33-14-7-4-8-15-33/h3-31H,1-2H3. The van der Waals surface area contributed by atoms with Gasteiger partial charge in [-0.1, -0.05) is 147 Å². The summed E-state index contributed by atoms with van der Waals surface area (Å²) in [5, 5.41) is 2.74. The molecule has 0 aromatic heterocycles. The molecule has 50 heavy (non-hydrogen) atoms. The summed E-state index contributed by atoms with van der Waals surface area (Å²) in [5.74, 6) is 0. The second-order valence-electron chi connectivity index (χ2n) is 14.1. The number of rotatable bonds is 5. The van der Waals surface area contributed by atoms with E-state index < -0.39 is 0 Å². The minimum Gasteiger partial charge on any atom is -0.310 e. The van der Waals surface area contributed by atoms with E-state index in [1.165, 1.54) is 77.5 Å². The number of benzene rings is 8. The Morgan fingerprint density at radius 1 is 0.360 bits per heavy atom. The largest absolute Gasteiger partial charge is 0.310 e. The Hall–Kier alpha value is -6.18. The lowest BCUT2D eigenvalue weighted by atomic mass is 9.81. The first-order valence-electron chi connectivity index (χ1n) is 17.5. The van der Waals surface area contributed by atoms with Gasteiger partial charge in [0.1, 0.15) is 0 Å². The Labute approximate surface area is 293 Å². The van der Waals surface area contributed by atoms with Crippen LogP contribution in [0.2, 0.25) is 0 Å². The molecule has 0 radical (unpaired) electrons. The highest BCUT2D eigenvalue weighted by molar-refractivity contribution is 6.20. The van der Waals surface area contributed by atoms with Crippen molar-refractivity contribution in [1.82, 2.24) is 0 Å². The zero-order valence-electron chi connectivity index (χ0n) is 28.2. The van der Waals surface area contributed by atoms with Crippen LogP contribution in [-0.4, -0.2) is 0 Å². The normalized spacial score (nSPS) is 13.2. The number of hydrogen-bond donors (Lipinski definition) is 0. The first kappa shape index (κ1) is 28.8. The van der Waals surface area contributed by atoms with Crippen LogP contribution in [0.15, 0.2) is 176 Å². The molecule has 2 aliphatic rings. The summed E-state index contributed by atoms with van der Waals surface area (Å²) in [7, 11) is 0. The number of nitrogens with zero attached hydrogens (tertiary/aromatic N) is 1. The van der Waals surface area contributed by atoms with Gasteiger partial charge in [-0.2, -0.15) is 0 Å². The van der Waals surface area contributed by atoms with Gasteiger partial charge in [-0.3, -0.25) is 0 Å². The van der Waals surface area contributed by atoms with Gasteiger partial charge in [0.05, 0.1) is 0 Å². The third-order valence-corrected chi connectivity index (χ3v) is 11.0. The summed E-state index contributed by atoms with van der Waals surface area (Å²) in [6, 6.07) is 64.6. The van der Waals surface area contributed by atoms with E-state index in [4.69, 9.17) is 0 Å². The molecule has 0 spiro atoms. The lowest BCUT2D eigenvalue weighted by Gasteiger charge is -2.28. The molecule has 0 saturated carbocycles. The van der Waals surface area contributed by atoms with E-state index in [1.54, 1.807) is 0 Å². The van der Waals surface area contributed by atoms with Gasteiger partial charge in [-0.15, -0.1) is 0 Å². The molecule has 8 aromatic carbocycles. The molecule has 8 aromatic rings. The molecular weight excluding hydrogens is 603 g/mol. The molecule has 236 valence electrons. The maximum Gasteiger partial charge on any atom is 0.0465 e. The summed E-state index contributed by atoms with van der Waals surface area (Å²) in [5.41, 5.74) is 19.0. The van der Waals surface area contributed by atoms with Crippen molar-refractivity contribution in [2.75, 3.05) is 4.90 Å². The van der Waals surface area contributed by atoms with E-state index in [1.807, 2.05) is 0 Å². The smallest absolute Gasteiger partial charge is 0.0465 e. The summed E-state index contributed by atoms with van der Waals surface area (Å²) in [4.78, 5) is 2.41. The van der Waals surface area contributed by atoms with Crippen LogP contribution in [0, 0.1) is 0 Å². The Kier molecular flexibility index (Phi) is 6.29. The molecule has 0 N–H and O–H groups in total. The summed E-state index contributed by atoms with van der Waals surface area (Å²) < 4.78 is 0. The molecule has 2 aliphatic carbocycles. The number of fused-ring (bicyclic) bond motifs is 7. The van der Waals surface area contributed by atoms with Crippen LogP contribution in [0.3, 0.4) is 0 Å². The van der Waals surface area contributed by atoms with Gasteiger partial charge < -0.3 is 4.90 Å². The van der Waals surface area contributed by atoms with E-state index in [9.17, 15) is 0 Å². The lowest BCUT2D eigenvalue weighted by molar-refractivity contribution is 0.661. The van der Waals surface area contributed by atoms with Crippen LogP contribution in [0.25, 0.3) is 66.4 Å². The van der Waals surface area contributed by atoms with Gasteiger partial charge in [0.25, 0.3) is 0 Å². The van der Waals surface area contributed by atoms with Crippen LogP contribution in [0.1, 0.15) is 25.0 Å². The fraction of sp³-hybridized carbons (Fsp3) is 0.0612. The first-order valence-corrected chi connectivity index (χ1v) is 17.5. The lowest BCUT2D eigenvalue weighted by Crippen LogP contribution is -2.16. The topological polar surface area (TPSA) is 3.24 Å². The van der Waals surface area contributed by atoms with Crippen molar-refractivity contribution >= 4 is 27.8 Å². The quantitative estimate of drug-likeness (QED) is 0.181. The Morgan fingerprint density at radius 2 is 0.860 bits per heavy atom. The van der Waals surface area contributed by atoms with Gasteiger partial charge in [0.2, 0.25) is 0 Å². The minimum absolute atomic E-state index is 0.168. The molecular formula is C49H35N. The van der Waals surface area contributed by atoms with Gasteiger partial charge in [0.15, 0.2) is 0 Å². The molecule has 0 amide bonds. The molecule has 0 aliphatic heterocycles. The van der Waals surface area contributed by atoms with Crippen LogP contribution in [0.5, 0.6) is 0 Å². The van der Waals surface area contributed by atoms with E-state index in [-0.39, 0.29) is 5.41 Å². The Morgan fingerprint density at radius 3 is 1.46 bits per heavy atom. The van der Waals surface area contributed by atoms with Crippen LogP contribution in [-0.2, 0) is 5.41 Å². The van der Waals surface area contributed by atoms with Gasteiger partial charge in [0, 0.05) is 22.5 Å². The van der Waals surface area contributed by atoms with Crippen molar-refractivity contribution in [1.29, 1.82) is 0 Å². The molecule has 1 nitrogen and oxygen atoms in total. The number of hydrogen-bond acceptors (Lipinski definition) is 1. The van der Waals surface area contributed by atoms with E-state index in [0.29, 0.717) is 0 Å². The van der Waals surface area contributed by atoms with Gasteiger partial charge in [-0.05, 0) is 120 Å². The SMILES string of the molecule is CC1(C)c2cc(N(c3ccc(-c4ccccc4)cc3)c3ccc(-c4ccccc4)cc3)ccc2-c2c1cc1c3c(cccc23)-c2ccccc2-1. The highest BCUT2D eigenvalue weighted by atomic mass is 15.1. The second kappa shape index (κ2) is 10.9. The van der Waals surface area contributed by atoms with E-state index in [2.05, 4.69) is 195 Å². The third-order valence-electron chi connectivity index (χ3n) is 11.0. The van der Waals surface area contributed by atoms with Crippen molar-refractivity contribution < 1.29 is 0 Å². The Bertz CT molecular complexity index is 2490. The maximum absolute atomic E-state index is 2.50. The molecule has 0 atom stereocenters. The highest BCUT2D eigenvalue weighted by Crippen LogP contribution is 2.58. The monoisotopic (exact) mass is 637 g/mol. The minimum atomic E-state index is -0.168. The Balaban J connectivity index is 1.13. The summed E-state index contributed by atoms with van der Waals surface area (Å²) in [6.07, 6.45) is 0. The zero-order valence-corrected chi connectivity index (χ0v) is 28.2. The molecule has 10 rings (SSSR count). The molecule has 1 heteroatoms.